The third kappa shape index (κ3) is 1.27. The maximum absolute atomic E-state index is 2.55. The molecule has 1 fully saturated rings. The van der Waals surface area contributed by atoms with E-state index in [1.807, 2.05) is 0 Å². The lowest BCUT2D eigenvalue weighted by molar-refractivity contribution is 0.319. The summed E-state index contributed by atoms with van der Waals surface area (Å²) in [6, 6.07) is 0. The Labute approximate surface area is 87.1 Å². The molecule has 0 unspecified atom stereocenters. The van der Waals surface area contributed by atoms with Crippen LogP contribution in [-0.4, -0.2) is 0 Å². The van der Waals surface area contributed by atoms with Crippen LogP contribution in [-0.2, 0) is 0 Å². The van der Waals surface area contributed by atoms with Gasteiger partial charge in [-0.1, -0.05) is 25.0 Å². The normalized spacial score (nSPS) is 36.6. The molecule has 0 N–H and O–H groups in total. The summed E-state index contributed by atoms with van der Waals surface area (Å²) in [4.78, 5) is 0. The van der Waals surface area contributed by atoms with E-state index >= 15 is 0 Å². The lowest BCUT2D eigenvalue weighted by atomic mass is 9.62. The molecule has 0 aromatic rings. The first-order valence-electron chi connectivity index (χ1n) is 6.37. The van der Waals surface area contributed by atoms with Crippen LogP contribution in [0, 0.1) is 11.8 Å². The lowest BCUT2D eigenvalue weighted by Crippen LogP contribution is -2.31. The predicted molar refractivity (Wildman–Crippen MR) is 60.1 cm³/mol. The highest BCUT2D eigenvalue weighted by Crippen LogP contribution is 2.52. The molecule has 3 rings (SSSR count). The third-order valence-electron chi connectivity index (χ3n) is 4.28. The SMILES string of the molecule is C1=C2C3=CCCCC[C@@H]3[C@@H]2CCCC1. The molecule has 14 heavy (non-hydrogen) atoms. The second-order valence-electron chi connectivity index (χ2n) is 5.10. The van der Waals surface area contributed by atoms with Gasteiger partial charge in [-0.25, -0.2) is 0 Å². The van der Waals surface area contributed by atoms with Gasteiger partial charge in [0.05, 0.1) is 0 Å². The molecule has 3 aliphatic rings. The number of rotatable bonds is 0. The molecule has 0 bridgehead atoms. The first-order valence-corrected chi connectivity index (χ1v) is 6.37. The molecule has 0 spiro atoms. The van der Waals surface area contributed by atoms with E-state index in [4.69, 9.17) is 0 Å². The third-order valence-corrected chi connectivity index (χ3v) is 4.28. The van der Waals surface area contributed by atoms with Crippen LogP contribution in [0.4, 0.5) is 0 Å². The van der Waals surface area contributed by atoms with E-state index < -0.39 is 0 Å². The van der Waals surface area contributed by atoms with Gasteiger partial charge in [0.2, 0.25) is 0 Å². The minimum atomic E-state index is 0.974. The fourth-order valence-corrected chi connectivity index (χ4v) is 3.55. The molecule has 76 valence electrons. The molecule has 0 heteroatoms. The molecule has 0 saturated heterocycles. The summed E-state index contributed by atoms with van der Waals surface area (Å²) >= 11 is 0. The van der Waals surface area contributed by atoms with Gasteiger partial charge in [0.1, 0.15) is 0 Å². The van der Waals surface area contributed by atoms with Gasteiger partial charge in [-0.05, 0) is 61.5 Å². The summed E-state index contributed by atoms with van der Waals surface area (Å²) in [5.74, 6) is 1.95. The number of allylic oxidation sites excluding steroid dienone is 4. The van der Waals surface area contributed by atoms with Gasteiger partial charge < -0.3 is 0 Å². The molecule has 0 aliphatic heterocycles. The predicted octanol–water partition coefficient (Wildman–Crippen LogP) is 4.23. The van der Waals surface area contributed by atoms with Crippen molar-refractivity contribution < 1.29 is 0 Å². The van der Waals surface area contributed by atoms with Gasteiger partial charge in [0, 0.05) is 0 Å². The van der Waals surface area contributed by atoms with E-state index in [1.54, 1.807) is 11.1 Å². The van der Waals surface area contributed by atoms with Gasteiger partial charge in [0.15, 0.2) is 0 Å². The summed E-state index contributed by atoms with van der Waals surface area (Å²) in [6.45, 7) is 0. The fourth-order valence-electron chi connectivity index (χ4n) is 3.55. The zero-order valence-electron chi connectivity index (χ0n) is 8.97. The lowest BCUT2D eigenvalue weighted by Gasteiger charge is -2.42. The minimum Gasteiger partial charge on any atom is -0.0807 e. The van der Waals surface area contributed by atoms with Crippen molar-refractivity contribution in [1.82, 2.24) is 0 Å². The average molecular weight is 188 g/mol. The van der Waals surface area contributed by atoms with Crippen molar-refractivity contribution in [2.24, 2.45) is 11.8 Å². The van der Waals surface area contributed by atoms with E-state index in [2.05, 4.69) is 12.2 Å². The quantitative estimate of drug-likeness (QED) is 0.533. The second-order valence-corrected chi connectivity index (χ2v) is 5.10. The zero-order valence-corrected chi connectivity index (χ0v) is 8.97. The van der Waals surface area contributed by atoms with Crippen LogP contribution in [0.2, 0.25) is 0 Å². The standard InChI is InChI=1S/C14H20/c1-3-7-11-12(8-4-1)14-10-6-2-5-9-13(11)14/h7,9,12,14H,1-6,8,10H2/t12-,14-. The Morgan fingerprint density at radius 3 is 1.71 bits per heavy atom. The Hall–Kier alpha value is -0.520. The van der Waals surface area contributed by atoms with Crippen molar-refractivity contribution >= 4 is 0 Å². The molecule has 0 radical (unpaired) electrons. The van der Waals surface area contributed by atoms with E-state index in [0.717, 1.165) is 11.8 Å². The van der Waals surface area contributed by atoms with Crippen molar-refractivity contribution in [3.05, 3.63) is 23.3 Å². The maximum atomic E-state index is 2.55. The Morgan fingerprint density at radius 2 is 1.21 bits per heavy atom. The smallest absolute Gasteiger partial charge is 0.00935 e. The molecule has 2 atom stereocenters. The van der Waals surface area contributed by atoms with E-state index in [0.29, 0.717) is 0 Å². The van der Waals surface area contributed by atoms with Crippen molar-refractivity contribution in [3.8, 4) is 0 Å². The van der Waals surface area contributed by atoms with Gasteiger partial charge in [-0.15, -0.1) is 0 Å². The van der Waals surface area contributed by atoms with Crippen LogP contribution in [0.1, 0.15) is 51.4 Å². The topological polar surface area (TPSA) is 0 Å². The van der Waals surface area contributed by atoms with E-state index in [9.17, 15) is 0 Å². The first-order chi connectivity index (χ1) is 6.97. The summed E-state index contributed by atoms with van der Waals surface area (Å²) in [6.07, 6.45) is 16.5. The van der Waals surface area contributed by atoms with Crippen LogP contribution < -0.4 is 0 Å². The van der Waals surface area contributed by atoms with E-state index in [-0.39, 0.29) is 0 Å². The zero-order chi connectivity index (χ0) is 9.38. The molecule has 0 heterocycles. The molecule has 3 aliphatic carbocycles. The molecule has 0 aromatic heterocycles. The molecule has 1 saturated carbocycles. The van der Waals surface area contributed by atoms with Crippen molar-refractivity contribution in [1.29, 1.82) is 0 Å². The van der Waals surface area contributed by atoms with Crippen LogP contribution >= 0.6 is 0 Å². The van der Waals surface area contributed by atoms with E-state index in [1.165, 1.54) is 51.4 Å². The summed E-state index contributed by atoms with van der Waals surface area (Å²) < 4.78 is 0. The molecular formula is C14H20. The van der Waals surface area contributed by atoms with Crippen molar-refractivity contribution in [3.63, 3.8) is 0 Å². The number of hydrogen-bond donors (Lipinski definition) is 0. The molecule has 0 aromatic carbocycles. The van der Waals surface area contributed by atoms with Crippen molar-refractivity contribution in [2.75, 3.05) is 0 Å². The summed E-state index contributed by atoms with van der Waals surface area (Å²) in [5.41, 5.74) is 3.52. The Kier molecular flexibility index (Phi) is 2.23. The van der Waals surface area contributed by atoms with Gasteiger partial charge in [0.25, 0.3) is 0 Å². The highest BCUT2D eigenvalue weighted by atomic mass is 14.4. The molecule has 0 nitrogen and oxygen atoms in total. The van der Waals surface area contributed by atoms with Crippen LogP contribution in [0.15, 0.2) is 23.3 Å². The van der Waals surface area contributed by atoms with Crippen LogP contribution in [0.5, 0.6) is 0 Å². The van der Waals surface area contributed by atoms with Crippen LogP contribution in [0.3, 0.4) is 0 Å². The average Bonchev–Trinajstić information content (AvgIpc) is 2.49. The largest absolute Gasteiger partial charge is 0.0807 e. The molecular weight excluding hydrogens is 168 g/mol. The summed E-state index contributed by atoms with van der Waals surface area (Å²) in [5, 5.41) is 0. The Morgan fingerprint density at radius 1 is 0.714 bits per heavy atom. The minimum absolute atomic E-state index is 0.974. The van der Waals surface area contributed by atoms with Crippen molar-refractivity contribution in [2.45, 2.75) is 51.4 Å². The van der Waals surface area contributed by atoms with Gasteiger partial charge in [-0.2, -0.15) is 0 Å². The highest BCUT2D eigenvalue weighted by molar-refractivity contribution is 5.46. The monoisotopic (exact) mass is 188 g/mol. The second kappa shape index (κ2) is 3.56. The van der Waals surface area contributed by atoms with Gasteiger partial charge >= 0.3 is 0 Å². The number of fused-ring (bicyclic) bond motifs is 4. The summed E-state index contributed by atoms with van der Waals surface area (Å²) in [7, 11) is 0. The molecule has 0 amide bonds. The Balaban J connectivity index is 1.88. The number of hydrogen-bond acceptors (Lipinski definition) is 0. The highest BCUT2D eigenvalue weighted by Gasteiger charge is 2.40. The fraction of sp³-hybridized carbons (Fsp3) is 0.714. The first kappa shape index (κ1) is 8.76. The van der Waals surface area contributed by atoms with Gasteiger partial charge in [-0.3, -0.25) is 0 Å². The Bertz CT molecular complexity index is 252. The maximum Gasteiger partial charge on any atom is -0.00935 e. The van der Waals surface area contributed by atoms with Crippen LogP contribution in [0.25, 0.3) is 0 Å².